The highest BCUT2D eigenvalue weighted by Gasteiger charge is 2.48. The monoisotopic (exact) mass is 338 g/mol. The highest BCUT2D eigenvalue weighted by molar-refractivity contribution is 5.62. The third-order valence-electron chi connectivity index (χ3n) is 5.93. The molecule has 0 aliphatic heterocycles. The van der Waals surface area contributed by atoms with Crippen LogP contribution >= 0.6 is 0 Å². The Bertz CT molecular complexity index is 598. The summed E-state index contributed by atoms with van der Waals surface area (Å²) in [6.45, 7) is 8.31. The van der Waals surface area contributed by atoms with Crippen molar-refractivity contribution in [2.24, 2.45) is 5.92 Å². The van der Waals surface area contributed by atoms with Crippen LogP contribution in [0.2, 0.25) is 0 Å². The van der Waals surface area contributed by atoms with E-state index in [2.05, 4.69) is 44.4 Å². The van der Waals surface area contributed by atoms with E-state index in [0.717, 1.165) is 23.2 Å². The van der Waals surface area contributed by atoms with Crippen LogP contribution in [0.3, 0.4) is 0 Å². The number of benzene rings is 1. The Hall–Kier alpha value is -1.16. The minimum absolute atomic E-state index is 0.0275. The molecule has 1 aliphatic rings. The fourth-order valence-electron chi connectivity index (χ4n) is 4.27. The average Bonchev–Trinajstić information content (AvgIpc) is 2.53. The number of hydrogen-bond acceptors (Lipinski definition) is 2. The number of rotatable bonds is 5. The van der Waals surface area contributed by atoms with Gasteiger partial charge in [0.2, 0.25) is 0 Å². The predicted octanol–water partition coefficient (Wildman–Crippen LogP) is 4.86. The van der Waals surface area contributed by atoms with Crippen LogP contribution in [0.15, 0.2) is 6.07 Å². The molecule has 0 spiro atoms. The summed E-state index contributed by atoms with van der Waals surface area (Å²) < 4.78 is 29.2. The van der Waals surface area contributed by atoms with Crippen LogP contribution in [0.5, 0.6) is 0 Å². The number of alkyl halides is 2. The minimum atomic E-state index is -2.58. The van der Waals surface area contributed by atoms with Gasteiger partial charge in [0.25, 0.3) is 5.92 Å². The Morgan fingerprint density at radius 3 is 2.33 bits per heavy atom. The van der Waals surface area contributed by atoms with Crippen molar-refractivity contribution in [2.45, 2.75) is 71.3 Å². The molecular formula is C20H32F2N2. The van der Waals surface area contributed by atoms with Crippen molar-refractivity contribution in [1.82, 2.24) is 5.32 Å². The third-order valence-corrected chi connectivity index (χ3v) is 5.93. The molecule has 0 bridgehead atoms. The lowest BCUT2D eigenvalue weighted by molar-refractivity contribution is -0.103. The summed E-state index contributed by atoms with van der Waals surface area (Å²) in [6.07, 6.45) is 2.33. The van der Waals surface area contributed by atoms with Crippen LogP contribution in [0.1, 0.15) is 55.4 Å². The first kappa shape index (κ1) is 19.2. The van der Waals surface area contributed by atoms with Gasteiger partial charge in [0.05, 0.1) is 0 Å². The molecule has 2 atom stereocenters. The van der Waals surface area contributed by atoms with Crippen LogP contribution in [0.4, 0.5) is 14.5 Å². The van der Waals surface area contributed by atoms with E-state index in [1.807, 2.05) is 14.1 Å². The molecule has 136 valence electrons. The number of aryl methyl sites for hydroxylation is 2. The normalized spacial score (nSPS) is 26.4. The molecule has 0 heterocycles. The summed E-state index contributed by atoms with van der Waals surface area (Å²) in [5, 5.41) is 6.53. The molecule has 4 heteroatoms. The van der Waals surface area contributed by atoms with Crippen molar-refractivity contribution in [3.8, 4) is 0 Å². The number of nitrogens with one attached hydrogen (secondary N) is 2. The summed E-state index contributed by atoms with van der Waals surface area (Å²) in [5.41, 5.74) is 5.54. The number of hydrogen-bond donors (Lipinski definition) is 2. The lowest BCUT2D eigenvalue weighted by atomic mass is 9.71. The maximum atomic E-state index is 14.6. The van der Waals surface area contributed by atoms with Gasteiger partial charge in [0.1, 0.15) is 0 Å². The van der Waals surface area contributed by atoms with Gasteiger partial charge >= 0.3 is 0 Å². The van der Waals surface area contributed by atoms with Crippen molar-refractivity contribution in [2.75, 3.05) is 19.4 Å². The lowest BCUT2D eigenvalue weighted by Gasteiger charge is -2.43. The van der Waals surface area contributed by atoms with Crippen molar-refractivity contribution >= 4 is 5.69 Å². The minimum Gasteiger partial charge on any atom is -0.388 e. The molecule has 1 aromatic carbocycles. The Morgan fingerprint density at radius 1 is 1.12 bits per heavy atom. The van der Waals surface area contributed by atoms with Crippen molar-refractivity contribution in [3.63, 3.8) is 0 Å². The molecule has 2 N–H and O–H groups in total. The molecule has 0 saturated heterocycles. The molecule has 1 saturated carbocycles. The molecule has 1 aliphatic carbocycles. The quantitative estimate of drug-likeness (QED) is 0.801. The summed E-state index contributed by atoms with van der Waals surface area (Å²) in [7, 11) is 3.79. The molecule has 1 aromatic rings. The molecule has 0 aromatic heterocycles. The molecule has 2 unspecified atom stereocenters. The summed E-state index contributed by atoms with van der Waals surface area (Å²) in [6, 6.07) is 2.12. The van der Waals surface area contributed by atoms with E-state index in [4.69, 9.17) is 0 Å². The zero-order valence-corrected chi connectivity index (χ0v) is 15.9. The maximum absolute atomic E-state index is 14.6. The Morgan fingerprint density at radius 2 is 1.79 bits per heavy atom. The summed E-state index contributed by atoms with van der Waals surface area (Å²) in [5.74, 6) is -3.20. The molecule has 1 fully saturated rings. The van der Waals surface area contributed by atoms with Gasteiger partial charge in [-0.3, -0.25) is 0 Å². The molecular weight excluding hydrogens is 306 g/mol. The van der Waals surface area contributed by atoms with Crippen LogP contribution in [-0.2, 0) is 12.8 Å². The average molecular weight is 338 g/mol. The molecule has 24 heavy (non-hydrogen) atoms. The third kappa shape index (κ3) is 3.58. The van der Waals surface area contributed by atoms with Crippen LogP contribution in [0.25, 0.3) is 0 Å². The molecule has 2 nitrogen and oxygen atoms in total. The van der Waals surface area contributed by atoms with E-state index >= 15 is 0 Å². The maximum Gasteiger partial charge on any atom is 0.251 e. The second-order valence-electron chi connectivity index (χ2n) is 7.62. The van der Waals surface area contributed by atoms with Crippen molar-refractivity contribution < 1.29 is 8.78 Å². The van der Waals surface area contributed by atoms with Gasteiger partial charge in [-0.05, 0) is 75.8 Å². The second kappa shape index (κ2) is 6.99. The zero-order chi connectivity index (χ0) is 18.1. The van der Waals surface area contributed by atoms with Gasteiger partial charge in [-0.1, -0.05) is 13.0 Å². The fourth-order valence-corrected chi connectivity index (χ4v) is 4.27. The zero-order valence-electron chi connectivity index (χ0n) is 15.9. The van der Waals surface area contributed by atoms with E-state index in [1.54, 1.807) is 0 Å². The highest BCUT2D eigenvalue weighted by atomic mass is 19.3. The van der Waals surface area contributed by atoms with E-state index in [0.29, 0.717) is 19.3 Å². The Kier molecular flexibility index (Phi) is 5.58. The fraction of sp³-hybridized carbons (Fsp3) is 0.700. The summed E-state index contributed by atoms with van der Waals surface area (Å²) in [4.78, 5) is 0. The predicted molar refractivity (Wildman–Crippen MR) is 98.3 cm³/mol. The standard InChI is InChI=1S/C20H32F2N2/c1-7-16-17(13(2)10-14(3)18(16)23-5)11-15-12-19(4,24-6)8-9-20(15,21)22/h10,15,23-24H,7-9,11-12H2,1-6H3. The van der Waals surface area contributed by atoms with E-state index in [9.17, 15) is 8.78 Å². The topological polar surface area (TPSA) is 24.1 Å². The number of halogens is 2. The second-order valence-corrected chi connectivity index (χ2v) is 7.62. The van der Waals surface area contributed by atoms with Gasteiger partial charge in [0, 0.05) is 30.6 Å². The Labute approximate surface area is 145 Å². The number of anilines is 1. The molecule has 0 amide bonds. The molecule has 2 rings (SSSR count). The van der Waals surface area contributed by atoms with Gasteiger partial charge < -0.3 is 10.6 Å². The van der Waals surface area contributed by atoms with Crippen molar-refractivity contribution in [3.05, 3.63) is 28.3 Å². The summed E-state index contributed by atoms with van der Waals surface area (Å²) >= 11 is 0. The first-order valence-electron chi connectivity index (χ1n) is 9.04. The first-order chi connectivity index (χ1) is 11.2. The molecule has 0 radical (unpaired) electrons. The van der Waals surface area contributed by atoms with Crippen molar-refractivity contribution in [1.29, 1.82) is 0 Å². The van der Waals surface area contributed by atoms with Crippen LogP contribution in [0, 0.1) is 19.8 Å². The Balaban J connectivity index is 2.42. The van der Waals surface area contributed by atoms with Crippen LogP contribution in [-0.4, -0.2) is 25.6 Å². The SMILES string of the molecule is CCc1c(CC2CC(C)(NC)CCC2(F)F)c(C)cc(C)c1NC. The first-order valence-corrected chi connectivity index (χ1v) is 9.04. The smallest absolute Gasteiger partial charge is 0.251 e. The van der Waals surface area contributed by atoms with Gasteiger partial charge in [0.15, 0.2) is 0 Å². The van der Waals surface area contributed by atoms with E-state index < -0.39 is 11.8 Å². The van der Waals surface area contributed by atoms with Crippen LogP contribution < -0.4 is 10.6 Å². The van der Waals surface area contributed by atoms with Gasteiger partial charge in [-0.25, -0.2) is 8.78 Å². The highest BCUT2D eigenvalue weighted by Crippen LogP contribution is 2.45. The van der Waals surface area contributed by atoms with Gasteiger partial charge in [-0.2, -0.15) is 0 Å². The largest absolute Gasteiger partial charge is 0.388 e. The van der Waals surface area contributed by atoms with Gasteiger partial charge in [-0.15, -0.1) is 0 Å². The lowest BCUT2D eigenvalue weighted by Crippen LogP contribution is -2.51. The van der Waals surface area contributed by atoms with E-state index in [-0.39, 0.29) is 12.0 Å². The van der Waals surface area contributed by atoms with E-state index in [1.165, 1.54) is 11.1 Å².